The molecule has 3 rings (SSSR count). The van der Waals surface area contributed by atoms with Gasteiger partial charge in [-0.2, -0.15) is 0 Å². The monoisotopic (exact) mass is 472 g/mol. The van der Waals surface area contributed by atoms with Crippen molar-refractivity contribution in [3.05, 3.63) is 45.9 Å². The number of aromatic nitrogens is 1. The summed E-state index contributed by atoms with van der Waals surface area (Å²) in [6.45, 7) is 4.42. The molecule has 136 valence electrons. The Kier molecular flexibility index (Phi) is 7.49. The van der Waals surface area contributed by atoms with E-state index in [1.165, 1.54) is 5.56 Å². The predicted molar refractivity (Wildman–Crippen MR) is 114 cm³/mol. The fourth-order valence-electron chi connectivity index (χ4n) is 3.03. The Hall–Kier alpha value is -1.35. The van der Waals surface area contributed by atoms with E-state index in [1.807, 2.05) is 33.2 Å². The smallest absolute Gasteiger partial charge is 0.193 e. The van der Waals surface area contributed by atoms with Crippen LogP contribution in [0.4, 0.5) is 0 Å². The highest BCUT2D eigenvalue weighted by molar-refractivity contribution is 14.0. The van der Waals surface area contributed by atoms with Gasteiger partial charge in [0.05, 0.1) is 23.9 Å². The number of halogens is 1. The standard InChI is InChI=1S/C18H24N4OS.HI/c1-13-21-15(12-24-13)11-22(3)18(19-2)20-10-14-8-9-23-17-7-5-4-6-16(14)17;/h4-7,12,14H,8-11H2,1-3H3,(H,19,20);1H. The third kappa shape index (κ3) is 5.07. The minimum absolute atomic E-state index is 0. The van der Waals surface area contributed by atoms with Crippen LogP contribution in [-0.2, 0) is 6.54 Å². The molecule has 1 aromatic carbocycles. The lowest BCUT2D eigenvalue weighted by molar-refractivity contribution is 0.266. The molecule has 1 N–H and O–H groups in total. The third-order valence-corrected chi connectivity index (χ3v) is 5.05. The zero-order chi connectivity index (χ0) is 16.9. The number of aryl methyl sites for hydroxylation is 1. The summed E-state index contributed by atoms with van der Waals surface area (Å²) < 4.78 is 5.74. The summed E-state index contributed by atoms with van der Waals surface area (Å²) >= 11 is 1.68. The molecule has 5 nitrogen and oxygen atoms in total. The highest BCUT2D eigenvalue weighted by Gasteiger charge is 2.21. The molecule has 7 heteroatoms. The Morgan fingerprint density at radius 1 is 1.44 bits per heavy atom. The van der Waals surface area contributed by atoms with Crippen LogP contribution >= 0.6 is 35.3 Å². The molecule has 0 amide bonds. The van der Waals surface area contributed by atoms with E-state index in [4.69, 9.17) is 4.74 Å². The quantitative estimate of drug-likeness (QED) is 0.420. The molecular weight excluding hydrogens is 447 g/mol. The molecule has 0 radical (unpaired) electrons. The molecule has 1 aliphatic heterocycles. The van der Waals surface area contributed by atoms with Crippen LogP contribution in [0, 0.1) is 6.92 Å². The Morgan fingerprint density at radius 2 is 2.24 bits per heavy atom. The van der Waals surface area contributed by atoms with E-state index in [1.54, 1.807) is 11.3 Å². The molecule has 0 bridgehead atoms. The molecule has 1 atom stereocenters. The van der Waals surface area contributed by atoms with Crippen molar-refractivity contribution < 1.29 is 4.74 Å². The fourth-order valence-corrected chi connectivity index (χ4v) is 3.63. The van der Waals surface area contributed by atoms with E-state index in [0.29, 0.717) is 5.92 Å². The van der Waals surface area contributed by atoms with Gasteiger partial charge in [0.1, 0.15) is 5.75 Å². The topological polar surface area (TPSA) is 49.8 Å². The van der Waals surface area contributed by atoms with Gasteiger partial charge < -0.3 is 15.0 Å². The maximum absolute atomic E-state index is 5.74. The number of guanidine groups is 1. The van der Waals surface area contributed by atoms with Gasteiger partial charge in [0.25, 0.3) is 0 Å². The lowest BCUT2D eigenvalue weighted by atomic mass is 9.93. The van der Waals surface area contributed by atoms with Gasteiger partial charge >= 0.3 is 0 Å². The molecule has 2 heterocycles. The summed E-state index contributed by atoms with van der Waals surface area (Å²) in [5.41, 5.74) is 2.36. The molecule has 2 aromatic rings. The molecule has 1 unspecified atom stereocenters. The number of aliphatic imine (C=N–C) groups is 1. The van der Waals surface area contributed by atoms with Crippen molar-refractivity contribution in [2.75, 3.05) is 27.2 Å². The number of hydrogen-bond acceptors (Lipinski definition) is 4. The number of ether oxygens (including phenoxy) is 1. The molecular formula is C18H25IN4OS. The number of fused-ring (bicyclic) bond motifs is 1. The number of hydrogen-bond donors (Lipinski definition) is 1. The van der Waals surface area contributed by atoms with Crippen molar-refractivity contribution >= 4 is 41.3 Å². The van der Waals surface area contributed by atoms with Gasteiger partial charge in [-0.25, -0.2) is 4.98 Å². The van der Waals surface area contributed by atoms with Crippen LogP contribution in [0.5, 0.6) is 5.75 Å². The first-order valence-corrected chi connectivity index (χ1v) is 9.10. The average Bonchev–Trinajstić information content (AvgIpc) is 3.00. The molecule has 1 aromatic heterocycles. The van der Waals surface area contributed by atoms with Crippen LogP contribution in [0.15, 0.2) is 34.6 Å². The first-order chi connectivity index (χ1) is 11.7. The molecule has 1 aliphatic rings. The largest absolute Gasteiger partial charge is 0.493 e. The Labute approximate surface area is 170 Å². The van der Waals surface area contributed by atoms with E-state index < -0.39 is 0 Å². The van der Waals surface area contributed by atoms with E-state index in [0.717, 1.165) is 48.5 Å². The highest BCUT2D eigenvalue weighted by Crippen LogP contribution is 2.32. The second-order valence-corrected chi connectivity index (χ2v) is 7.08. The Balaban J connectivity index is 0.00000225. The van der Waals surface area contributed by atoms with Crippen molar-refractivity contribution in [1.29, 1.82) is 0 Å². The second-order valence-electron chi connectivity index (χ2n) is 6.01. The van der Waals surface area contributed by atoms with Crippen molar-refractivity contribution in [1.82, 2.24) is 15.2 Å². The van der Waals surface area contributed by atoms with Gasteiger partial charge in [-0.1, -0.05) is 18.2 Å². The number of nitrogens with one attached hydrogen (secondary N) is 1. The van der Waals surface area contributed by atoms with Crippen LogP contribution < -0.4 is 10.1 Å². The summed E-state index contributed by atoms with van der Waals surface area (Å²) in [6, 6.07) is 8.31. The van der Waals surface area contributed by atoms with Crippen LogP contribution in [0.25, 0.3) is 0 Å². The molecule has 25 heavy (non-hydrogen) atoms. The molecule has 0 spiro atoms. The Morgan fingerprint density at radius 3 is 2.96 bits per heavy atom. The number of benzene rings is 1. The van der Waals surface area contributed by atoms with Crippen LogP contribution in [0.1, 0.15) is 28.6 Å². The SMILES string of the molecule is CN=C(NCC1CCOc2ccccc21)N(C)Cc1csc(C)n1.I. The van der Waals surface area contributed by atoms with Crippen molar-refractivity contribution in [2.24, 2.45) is 4.99 Å². The van der Waals surface area contributed by atoms with Crippen LogP contribution in [0.3, 0.4) is 0 Å². The number of para-hydroxylation sites is 1. The molecule has 0 saturated heterocycles. The average molecular weight is 472 g/mol. The van der Waals surface area contributed by atoms with E-state index in [2.05, 4.69) is 37.7 Å². The van der Waals surface area contributed by atoms with Crippen molar-refractivity contribution in [3.63, 3.8) is 0 Å². The van der Waals surface area contributed by atoms with Crippen LogP contribution in [-0.4, -0.2) is 43.1 Å². The first-order valence-electron chi connectivity index (χ1n) is 8.22. The fraction of sp³-hybridized carbons (Fsp3) is 0.444. The van der Waals surface area contributed by atoms with Crippen molar-refractivity contribution in [3.8, 4) is 5.75 Å². The van der Waals surface area contributed by atoms with E-state index in [9.17, 15) is 0 Å². The van der Waals surface area contributed by atoms with Gasteiger partial charge in [0, 0.05) is 31.9 Å². The minimum atomic E-state index is 0. The lowest BCUT2D eigenvalue weighted by Gasteiger charge is -2.28. The summed E-state index contributed by atoms with van der Waals surface area (Å²) in [6.07, 6.45) is 1.02. The summed E-state index contributed by atoms with van der Waals surface area (Å²) in [5, 5.41) is 6.71. The highest BCUT2D eigenvalue weighted by atomic mass is 127. The number of nitrogens with zero attached hydrogens (tertiary/aromatic N) is 3. The van der Waals surface area contributed by atoms with Gasteiger partial charge in [-0.05, 0) is 25.0 Å². The third-order valence-electron chi connectivity index (χ3n) is 4.23. The maximum atomic E-state index is 5.74. The van der Waals surface area contributed by atoms with Gasteiger partial charge in [0.15, 0.2) is 5.96 Å². The molecule has 0 fully saturated rings. The van der Waals surface area contributed by atoms with E-state index >= 15 is 0 Å². The van der Waals surface area contributed by atoms with Gasteiger partial charge in [-0.15, -0.1) is 35.3 Å². The lowest BCUT2D eigenvalue weighted by Crippen LogP contribution is -2.41. The number of thiazole rings is 1. The maximum Gasteiger partial charge on any atom is 0.193 e. The Bertz CT molecular complexity index is 719. The minimum Gasteiger partial charge on any atom is -0.493 e. The normalized spacial score (nSPS) is 16.4. The van der Waals surface area contributed by atoms with E-state index in [-0.39, 0.29) is 24.0 Å². The predicted octanol–water partition coefficient (Wildman–Crippen LogP) is 3.64. The summed E-state index contributed by atoms with van der Waals surface area (Å²) in [7, 11) is 3.87. The second kappa shape index (κ2) is 9.38. The van der Waals surface area contributed by atoms with Gasteiger partial charge in [-0.3, -0.25) is 4.99 Å². The molecule has 0 aliphatic carbocycles. The van der Waals surface area contributed by atoms with Gasteiger partial charge in [0.2, 0.25) is 0 Å². The number of rotatable bonds is 4. The zero-order valence-corrected chi connectivity index (χ0v) is 18.0. The van der Waals surface area contributed by atoms with Crippen LogP contribution in [0.2, 0.25) is 0 Å². The van der Waals surface area contributed by atoms with Crippen molar-refractivity contribution in [2.45, 2.75) is 25.8 Å². The summed E-state index contributed by atoms with van der Waals surface area (Å²) in [4.78, 5) is 11.0. The summed E-state index contributed by atoms with van der Waals surface area (Å²) in [5.74, 6) is 2.35. The first kappa shape index (κ1) is 20.0. The molecule has 0 saturated carbocycles. The zero-order valence-electron chi connectivity index (χ0n) is 14.9.